The normalized spacial score (nSPS) is 16.9. The Morgan fingerprint density at radius 1 is 1.33 bits per heavy atom. The first-order chi connectivity index (χ1) is 7.29. The molecule has 0 aliphatic carbocycles. The van der Waals surface area contributed by atoms with Gasteiger partial charge in [0.1, 0.15) is 5.75 Å². The fraction of sp³-hybridized carbons (Fsp3) is 0.500. The van der Waals surface area contributed by atoms with Gasteiger partial charge in [-0.15, -0.1) is 0 Å². The predicted molar refractivity (Wildman–Crippen MR) is 70.2 cm³/mol. The lowest BCUT2D eigenvalue weighted by Gasteiger charge is -2.17. The van der Waals surface area contributed by atoms with Crippen LogP contribution in [0.25, 0.3) is 0 Å². The molecular weight excluding hydrogens is 301 g/mol. The van der Waals surface area contributed by atoms with Crippen LogP contribution in [0, 0.1) is 3.57 Å². The Hall–Kier alpha value is -0.290. The Morgan fingerprint density at radius 2 is 2.07 bits per heavy atom. The monoisotopic (exact) mass is 317 g/mol. The summed E-state index contributed by atoms with van der Waals surface area (Å²) >= 11 is 2.35. The van der Waals surface area contributed by atoms with Crippen molar-refractivity contribution < 1.29 is 4.74 Å². The van der Waals surface area contributed by atoms with Crippen molar-refractivity contribution in [1.29, 1.82) is 0 Å². The SMILES string of the molecule is COc1ccc(I)cc1CN1CCCC1. The molecule has 1 aliphatic rings. The number of nitrogens with zero attached hydrogens (tertiary/aromatic N) is 1. The number of likely N-dealkylation sites (tertiary alicyclic amines) is 1. The molecule has 1 fully saturated rings. The molecule has 1 saturated heterocycles. The second-order valence-corrected chi connectivity index (χ2v) is 5.19. The third kappa shape index (κ3) is 2.84. The number of hydrogen-bond donors (Lipinski definition) is 0. The summed E-state index contributed by atoms with van der Waals surface area (Å²) < 4.78 is 6.66. The van der Waals surface area contributed by atoms with Crippen LogP contribution in [-0.2, 0) is 6.54 Å². The van der Waals surface area contributed by atoms with Gasteiger partial charge in [0.2, 0.25) is 0 Å². The number of ether oxygens (including phenoxy) is 1. The number of methoxy groups -OCH3 is 1. The van der Waals surface area contributed by atoms with Crippen LogP contribution in [0.4, 0.5) is 0 Å². The van der Waals surface area contributed by atoms with Crippen molar-refractivity contribution in [2.45, 2.75) is 19.4 Å². The standard InChI is InChI=1S/C12H16INO/c1-15-12-5-4-11(13)8-10(12)9-14-6-2-3-7-14/h4-5,8H,2-3,6-7,9H2,1H3. The summed E-state index contributed by atoms with van der Waals surface area (Å²) in [5, 5.41) is 0. The zero-order chi connectivity index (χ0) is 10.7. The van der Waals surface area contributed by atoms with Crippen LogP contribution in [-0.4, -0.2) is 25.1 Å². The fourth-order valence-electron chi connectivity index (χ4n) is 2.05. The first-order valence-corrected chi connectivity index (χ1v) is 6.42. The molecule has 0 saturated carbocycles. The van der Waals surface area contributed by atoms with Gasteiger partial charge in [-0.1, -0.05) is 0 Å². The first kappa shape index (κ1) is 11.2. The molecule has 1 aliphatic heterocycles. The van der Waals surface area contributed by atoms with Gasteiger partial charge < -0.3 is 4.74 Å². The maximum Gasteiger partial charge on any atom is 0.123 e. The van der Waals surface area contributed by atoms with Crippen LogP contribution in [0.5, 0.6) is 5.75 Å². The van der Waals surface area contributed by atoms with Crippen LogP contribution in [0.3, 0.4) is 0 Å². The third-order valence-electron chi connectivity index (χ3n) is 2.84. The first-order valence-electron chi connectivity index (χ1n) is 5.34. The average molecular weight is 317 g/mol. The molecule has 1 aromatic rings. The third-order valence-corrected chi connectivity index (χ3v) is 3.51. The van der Waals surface area contributed by atoms with Crippen molar-refractivity contribution in [3.8, 4) is 5.75 Å². The highest BCUT2D eigenvalue weighted by molar-refractivity contribution is 14.1. The number of rotatable bonds is 3. The van der Waals surface area contributed by atoms with E-state index in [1.54, 1.807) is 7.11 Å². The molecule has 15 heavy (non-hydrogen) atoms. The van der Waals surface area contributed by atoms with E-state index in [0.717, 1.165) is 12.3 Å². The second kappa shape index (κ2) is 5.16. The number of hydrogen-bond acceptors (Lipinski definition) is 2. The smallest absolute Gasteiger partial charge is 0.123 e. The van der Waals surface area contributed by atoms with Crippen molar-refractivity contribution >= 4 is 22.6 Å². The minimum atomic E-state index is 1.02. The average Bonchev–Trinajstić information content (AvgIpc) is 2.71. The van der Waals surface area contributed by atoms with Gasteiger partial charge in [0.25, 0.3) is 0 Å². The number of benzene rings is 1. The quantitative estimate of drug-likeness (QED) is 0.795. The molecule has 2 nitrogen and oxygen atoms in total. The van der Waals surface area contributed by atoms with E-state index in [1.165, 1.54) is 35.1 Å². The van der Waals surface area contributed by atoms with Crippen molar-refractivity contribution in [3.05, 3.63) is 27.3 Å². The molecule has 1 heterocycles. The molecule has 0 unspecified atom stereocenters. The van der Waals surface area contributed by atoms with Crippen LogP contribution in [0.2, 0.25) is 0 Å². The van der Waals surface area contributed by atoms with E-state index in [1.807, 2.05) is 0 Å². The fourth-order valence-corrected chi connectivity index (χ4v) is 2.61. The van der Waals surface area contributed by atoms with Crippen molar-refractivity contribution in [2.75, 3.05) is 20.2 Å². The lowest BCUT2D eigenvalue weighted by molar-refractivity contribution is 0.321. The molecular formula is C12H16INO. The highest BCUT2D eigenvalue weighted by Gasteiger charge is 2.14. The van der Waals surface area contributed by atoms with Crippen molar-refractivity contribution in [2.24, 2.45) is 0 Å². The van der Waals surface area contributed by atoms with E-state index >= 15 is 0 Å². The van der Waals surface area contributed by atoms with Gasteiger partial charge in [-0.2, -0.15) is 0 Å². The minimum absolute atomic E-state index is 1.02. The van der Waals surface area contributed by atoms with Gasteiger partial charge in [-0.25, -0.2) is 0 Å². The molecule has 0 aromatic heterocycles. The predicted octanol–water partition coefficient (Wildman–Crippen LogP) is 2.90. The molecule has 2 rings (SSSR count). The summed E-state index contributed by atoms with van der Waals surface area (Å²) in [4.78, 5) is 2.49. The Morgan fingerprint density at radius 3 is 2.73 bits per heavy atom. The summed E-state index contributed by atoms with van der Waals surface area (Å²) in [6.45, 7) is 3.49. The summed E-state index contributed by atoms with van der Waals surface area (Å²) in [6, 6.07) is 6.37. The molecule has 0 N–H and O–H groups in total. The largest absolute Gasteiger partial charge is 0.496 e. The number of halogens is 1. The molecule has 0 atom stereocenters. The van der Waals surface area contributed by atoms with E-state index in [0.29, 0.717) is 0 Å². The Kier molecular flexibility index (Phi) is 3.86. The van der Waals surface area contributed by atoms with Gasteiger partial charge in [0.05, 0.1) is 7.11 Å². The van der Waals surface area contributed by atoms with Crippen LogP contribution >= 0.6 is 22.6 Å². The molecule has 82 valence electrons. The van der Waals surface area contributed by atoms with Crippen LogP contribution in [0.15, 0.2) is 18.2 Å². The maximum atomic E-state index is 5.38. The Bertz CT molecular complexity index is 334. The Labute approximate surface area is 105 Å². The molecule has 3 heteroatoms. The van der Waals surface area contributed by atoms with E-state index in [2.05, 4.69) is 45.7 Å². The van der Waals surface area contributed by atoms with E-state index in [-0.39, 0.29) is 0 Å². The summed E-state index contributed by atoms with van der Waals surface area (Å²) in [6.07, 6.45) is 2.68. The molecule has 0 amide bonds. The summed E-state index contributed by atoms with van der Waals surface area (Å²) in [5.41, 5.74) is 1.31. The summed E-state index contributed by atoms with van der Waals surface area (Å²) in [5.74, 6) is 1.02. The second-order valence-electron chi connectivity index (χ2n) is 3.94. The van der Waals surface area contributed by atoms with Crippen molar-refractivity contribution in [1.82, 2.24) is 4.90 Å². The van der Waals surface area contributed by atoms with Gasteiger partial charge in [0.15, 0.2) is 0 Å². The van der Waals surface area contributed by atoms with E-state index < -0.39 is 0 Å². The van der Waals surface area contributed by atoms with E-state index in [4.69, 9.17) is 4.74 Å². The molecule has 0 radical (unpaired) electrons. The summed E-state index contributed by atoms with van der Waals surface area (Å²) in [7, 11) is 1.75. The lowest BCUT2D eigenvalue weighted by atomic mass is 10.2. The van der Waals surface area contributed by atoms with Crippen LogP contribution in [0.1, 0.15) is 18.4 Å². The topological polar surface area (TPSA) is 12.5 Å². The molecule has 0 bridgehead atoms. The zero-order valence-electron chi connectivity index (χ0n) is 9.00. The van der Waals surface area contributed by atoms with Gasteiger partial charge in [0, 0.05) is 15.7 Å². The van der Waals surface area contributed by atoms with Gasteiger partial charge in [-0.3, -0.25) is 4.90 Å². The highest BCUT2D eigenvalue weighted by Crippen LogP contribution is 2.23. The highest BCUT2D eigenvalue weighted by atomic mass is 127. The zero-order valence-corrected chi connectivity index (χ0v) is 11.2. The van der Waals surface area contributed by atoms with Crippen LogP contribution < -0.4 is 4.74 Å². The maximum absolute atomic E-state index is 5.38. The molecule has 0 spiro atoms. The van der Waals surface area contributed by atoms with Gasteiger partial charge >= 0.3 is 0 Å². The lowest BCUT2D eigenvalue weighted by Crippen LogP contribution is -2.18. The van der Waals surface area contributed by atoms with Gasteiger partial charge in [-0.05, 0) is 66.7 Å². The Balaban J connectivity index is 2.14. The van der Waals surface area contributed by atoms with Crippen molar-refractivity contribution in [3.63, 3.8) is 0 Å². The minimum Gasteiger partial charge on any atom is -0.496 e. The molecule has 1 aromatic carbocycles. The van der Waals surface area contributed by atoms with E-state index in [9.17, 15) is 0 Å².